The summed E-state index contributed by atoms with van der Waals surface area (Å²) in [6.07, 6.45) is 0.211. The van der Waals surface area contributed by atoms with Crippen LogP contribution in [0.3, 0.4) is 0 Å². The van der Waals surface area contributed by atoms with Crippen LogP contribution < -0.4 is 11.1 Å². The van der Waals surface area contributed by atoms with Gasteiger partial charge >= 0.3 is 0 Å². The quantitative estimate of drug-likeness (QED) is 0.810. The maximum absolute atomic E-state index is 5.79. The van der Waals surface area contributed by atoms with Gasteiger partial charge in [0, 0.05) is 30.9 Å². The molecule has 0 spiro atoms. The van der Waals surface area contributed by atoms with E-state index in [4.69, 9.17) is 22.7 Å². The minimum atomic E-state index is 0.211. The number of anilines is 1. The summed E-state index contributed by atoms with van der Waals surface area (Å²) in [5, 5.41) is 3.43. The van der Waals surface area contributed by atoms with Crippen LogP contribution in [-0.4, -0.2) is 48.8 Å². The van der Waals surface area contributed by atoms with Gasteiger partial charge in [-0.15, -0.1) is 0 Å². The van der Waals surface area contributed by atoms with Crippen molar-refractivity contribution in [2.45, 2.75) is 20.0 Å². The van der Waals surface area contributed by atoms with Gasteiger partial charge in [0.2, 0.25) is 0 Å². The van der Waals surface area contributed by atoms with E-state index in [1.807, 2.05) is 12.1 Å². The summed E-state index contributed by atoms with van der Waals surface area (Å²) in [7, 11) is 0. The van der Waals surface area contributed by atoms with Crippen molar-refractivity contribution < 1.29 is 4.74 Å². The third-order valence-electron chi connectivity index (χ3n) is 3.63. The molecular weight excluding hydrogens is 270 g/mol. The van der Waals surface area contributed by atoms with Crippen molar-refractivity contribution in [2.24, 2.45) is 5.73 Å². The molecule has 0 amide bonds. The average molecular weight is 293 g/mol. The maximum Gasteiger partial charge on any atom is 0.106 e. The first-order valence-electron chi connectivity index (χ1n) is 7.08. The van der Waals surface area contributed by atoms with Crippen LogP contribution in [0.25, 0.3) is 0 Å². The van der Waals surface area contributed by atoms with Crippen LogP contribution in [-0.2, 0) is 4.74 Å². The molecule has 4 nitrogen and oxygen atoms in total. The van der Waals surface area contributed by atoms with Gasteiger partial charge in [0.25, 0.3) is 0 Å². The molecule has 0 aromatic heterocycles. The molecule has 20 heavy (non-hydrogen) atoms. The van der Waals surface area contributed by atoms with Crippen LogP contribution in [0.1, 0.15) is 18.1 Å². The fourth-order valence-electron chi connectivity index (χ4n) is 2.43. The van der Waals surface area contributed by atoms with Crippen LogP contribution in [0, 0.1) is 6.92 Å². The highest BCUT2D eigenvalue weighted by molar-refractivity contribution is 7.80. The van der Waals surface area contributed by atoms with Crippen molar-refractivity contribution >= 4 is 22.9 Å². The number of morpholine rings is 1. The van der Waals surface area contributed by atoms with E-state index in [0.717, 1.165) is 44.0 Å². The van der Waals surface area contributed by atoms with Gasteiger partial charge in [-0.05, 0) is 31.2 Å². The number of thiocarbonyl (C=S) groups is 1. The standard InChI is InChI=1S/C15H23N3OS/c1-3-18-6-7-19-12(10-18)9-17-14-8-11(2)4-5-13(14)15(16)20/h4-5,8,12,17H,3,6-7,9-10H2,1-2H3,(H2,16,20). The van der Waals surface area contributed by atoms with E-state index < -0.39 is 0 Å². The zero-order valence-corrected chi connectivity index (χ0v) is 13.0. The molecule has 0 aliphatic carbocycles. The van der Waals surface area contributed by atoms with Crippen LogP contribution in [0.15, 0.2) is 18.2 Å². The number of nitrogens with one attached hydrogen (secondary N) is 1. The zero-order chi connectivity index (χ0) is 14.5. The second kappa shape index (κ2) is 7.02. The van der Waals surface area contributed by atoms with Crippen LogP contribution in [0.5, 0.6) is 0 Å². The highest BCUT2D eigenvalue weighted by Gasteiger charge is 2.19. The summed E-state index contributed by atoms with van der Waals surface area (Å²) in [4.78, 5) is 2.83. The lowest BCUT2D eigenvalue weighted by molar-refractivity contribution is -0.0191. The van der Waals surface area contributed by atoms with Crippen LogP contribution in [0.2, 0.25) is 0 Å². The Balaban J connectivity index is 1.99. The van der Waals surface area contributed by atoms with Crippen molar-refractivity contribution in [1.29, 1.82) is 0 Å². The molecule has 0 saturated carbocycles. The number of nitrogens with two attached hydrogens (primary N) is 1. The number of aryl methyl sites for hydroxylation is 1. The molecule has 3 N–H and O–H groups in total. The molecule has 1 aromatic carbocycles. The van der Waals surface area contributed by atoms with Crippen molar-refractivity contribution in [3.63, 3.8) is 0 Å². The Labute approximate surface area is 126 Å². The first kappa shape index (κ1) is 15.2. The van der Waals surface area contributed by atoms with Gasteiger partial charge in [-0.2, -0.15) is 0 Å². The molecule has 1 unspecified atom stereocenters. The molecule has 1 aromatic rings. The Morgan fingerprint density at radius 3 is 3.05 bits per heavy atom. The number of hydrogen-bond acceptors (Lipinski definition) is 4. The average Bonchev–Trinajstić information content (AvgIpc) is 2.45. The number of ether oxygens (including phenoxy) is 1. The lowest BCUT2D eigenvalue weighted by Crippen LogP contribution is -2.45. The normalized spacial score (nSPS) is 19.8. The maximum atomic E-state index is 5.79. The predicted octanol–water partition coefficient (Wildman–Crippen LogP) is 1.76. The Hall–Kier alpha value is -1.17. The predicted molar refractivity (Wildman–Crippen MR) is 87.4 cm³/mol. The monoisotopic (exact) mass is 293 g/mol. The second-order valence-corrected chi connectivity index (χ2v) is 5.62. The molecule has 1 aliphatic heterocycles. The van der Waals surface area contributed by atoms with Gasteiger partial charge in [0.05, 0.1) is 12.7 Å². The highest BCUT2D eigenvalue weighted by Crippen LogP contribution is 2.18. The molecule has 1 atom stereocenters. The molecule has 0 radical (unpaired) electrons. The Morgan fingerprint density at radius 2 is 2.35 bits per heavy atom. The van der Waals surface area contributed by atoms with E-state index in [1.54, 1.807) is 0 Å². The second-order valence-electron chi connectivity index (χ2n) is 5.18. The Kier molecular flexibility index (Phi) is 5.34. The molecule has 2 rings (SSSR count). The molecular formula is C15H23N3OS. The van der Waals surface area contributed by atoms with E-state index in [1.165, 1.54) is 5.56 Å². The number of benzene rings is 1. The topological polar surface area (TPSA) is 50.5 Å². The molecule has 110 valence electrons. The smallest absolute Gasteiger partial charge is 0.106 e. The fourth-order valence-corrected chi connectivity index (χ4v) is 2.61. The number of likely N-dealkylation sites (N-methyl/N-ethyl adjacent to an activating group) is 1. The van der Waals surface area contributed by atoms with Gasteiger partial charge in [-0.1, -0.05) is 25.2 Å². The number of nitrogens with zero attached hydrogens (tertiary/aromatic N) is 1. The van der Waals surface area contributed by atoms with E-state index in [0.29, 0.717) is 4.99 Å². The highest BCUT2D eigenvalue weighted by atomic mass is 32.1. The lowest BCUT2D eigenvalue weighted by Gasteiger charge is -2.32. The van der Waals surface area contributed by atoms with Gasteiger partial charge in [-0.25, -0.2) is 0 Å². The largest absolute Gasteiger partial charge is 0.389 e. The van der Waals surface area contributed by atoms with Gasteiger partial charge in [0.1, 0.15) is 4.99 Å². The van der Waals surface area contributed by atoms with Gasteiger partial charge < -0.3 is 15.8 Å². The van der Waals surface area contributed by atoms with E-state index >= 15 is 0 Å². The minimum Gasteiger partial charge on any atom is -0.389 e. The van der Waals surface area contributed by atoms with Crippen LogP contribution >= 0.6 is 12.2 Å². The summed E-state index contributed by atoms with van der Waals surface area (Å²) in [5.41, 5.74) is 8.85. The summed E-state index contributed by atoms with van der Waals surface area (Å²) < 4.78 is 5.79. The first-order chi connectivity index (χ1) is 9.60. The third-order valence-corrected chi connectivity index (χ3v) is 3.85. The third kappa shape index (κ3) is 3.91. The SMILES string of the molecule is CCN1CCOC(CNc2cc(C)ccc2C(N)=S)C1. The zero-order valence-electron chi connectivity index (χ0n) is 12.2. The van der Waals surface area contributed by atoms with E-state index in [2.05, 4.69) is 30.1 Å². The molecule has 1 saturated heterocycles. The summed E-state index contributed by atoms with van der Waals surface area (Å²) in [5.74, 6) is 0. The molecule has 1 fully saturated rings. The van der Waals surface area contributed by atoms with Crippen molar-refractivity contribution in [2.75, 3.05) is 38.1 Å². The van der Waals surface area contributed by atoms with E-state index in [-0.39, 0.29) is 6.10 Å². The minimum absolute atomic E-state index is 0.211. The molecule has 5 heteroatoms. The van der Waals surface area contributed by atoms with Crippen molar-refractivity contribution in [1.82, 2.24) is 4.90 Å². The number of hydrogen-bond donors (Lipinski definition) is 2. The van der Waals surface area contributed by atoms with Crippen molar-refractivity contribution in [3.8, 4) is 0 Å². The lowest BCUT2D eigenvalue weighted by atomic mass is 10.1. The van der Waals surface area contributed by atoms with E-state index in [9.17, 15) is 0 Å². The first-order valence-corrected chi connectivity index (χ1v) is 7.49. The van der Waals surface area contributed by atoms with Gasteiger partial charge in [0.15, 0.2) is 0 Å². The summed E-state index contributed by atoms with van der Waals surface area (Å²) in [6.45, 7) is 8.88. The Bertz CT molecular complexity index is 478. The van der Waals surface area contributed by atoms with Crippen molar-refractivity contribution in [3.05, 3.63) is 29.3 Å². The van der Waals surface area contributed by atoms with Crippen LogP contribution in [0.4, 0.5) is 5.69 Å². The molecule has 1 aliphatic rings. The molecule has 1 heterocycles. The Morgan fingerprint density at radius 1 is 1.55 bits per heavy atom. The summed E-state index contributed by atoms with van der Waals surface area (Å²) in [6, 6.07) is 6.07. The number of rotatable bonds is 5. The molecule has 0 bridgehead atoms. The summed E-state index contributed by atoms with van der Waals surface area (Å²) >= 11 is 5.10. The van der Waals surface area contributed by atoms with Gasteiger partial charge in [-0.3, -0.25) is 4.90 Å². The fraction of sp³-hybridized carbons (Fsp3) is 0.533.